The van der Waals surface area contributed by atoms with Crippen LogP contribution in [0.15, 0.2) is 47.4 Å². The Hall–Kier alpha value is -2.04. The van der Waals surface area contributed by atoms with Crippen LogP contribution in [0.3, 0.4) is 0 Å². The van der Waals surface area contributed by atoms with Crippen molar-refractivity contribution in [3.63, 3.8) is 0 Å². The number of carbonyl (C=O) groups excluding carboxylic acids is 1. The normalized spacial score (nSPS) is 17.1. The fourth-order valence-electron chi connectivity index (χ4n) is 4.61. The number of hydrogen-bond acceptors (Lipinski definition) is 6. The highest BCUT2D eigenvalue weighted by atomic mass is 35.5. The number of nitrogens with zero attached hydrogens (tertiary/aromatic N) is 4. The zero-order valence-electron chi connectivity index (χ0n) is 21.0. The van der Waals surface area contributed by atoms with Gasteiger partial charge in [-0.3, -0.25) is 9.69 Å². The second-order valence-electron chi connectivity index (χ2n) is 9.39. The molecule has 0 aliphatic carbocycles. The molecule has 7 nitrogen and oxygen atoms in total. The maximum Gasteiger partial charge on any atom is 0.260 e. The first-order valence-electron chi connectivity index (χ1n) is 12.4. The standard InChI is InChI=1S/C26H33ClN4O3S2/c1-4-20-9-5-6-18-31(20)36(33,34)21-14-12-19(13-15-21)25(32)30(17-8-16-29(2)3)26-28-24-22(27)10-7-11-23(24)35-26/h7,10-15,20H,4-6,8-9,16-18H2,1-3H3. The molecule has 1 aliphatic rings. The molecule has 36 heavy (non-hydrogen) atoms. The van der Waals surface area contributed by atoms with Crippen LogP contribution in [0.4, 0.5) is 5.13 Å². The van der Waals surface area contributed by atoms with E-state index in [2.05, 4.69) is 9.88 Å². The van der Waals surface area contributed by atoms with Crippen LogP contribution in [0, 0.1) is 0 Å². The van der Waals surface area contributed by atoms with E-state index >= 15 is 0 Å². The molecule has 1 aromatic heterocycles. The van der Waals surface area contributed by atoms with Crippen molar-refractivity contribution in [1.29, 1.82) is 0 Å². The van der Waals surface area contributed by atoms with Gasteiger partial charge in [-0.05, 0) is 82.7 Å². The minimum absolute atomic E-state index is 0.0307. The Kier molecular flexibility index (Phi) is 8.67. The molecule has 1 unspecified atom stereocenters. The average molecular weight is 549 g/mol. The molecule has 2 aromatic carbocycles. The monoisotopic (exact) mass is 548 g/mol. The summed E-state index contributed by atoms with van der Waals surface area (Å²) in [5.41, 5.74) is 1.10. The van der Waals surface area contributed by atoms with Gasteiger partial charge in [0.05, 0.1) is 14.6 Å². The molecule has 10 heteroatoms. The molecule has 1 fully saturated rings. The Morgan fingerprint density at radius 2 is 1.89 bits per heavy atom. The highest BCUT2D eigenvalue weighted by Crippen LogP contribution is 2.34. The third-order valence-electron chi connectivity index (χ3n) is 6.57. The van der Waals surface area contributed by atoms with Gasteiger partial charge in [0.15, 0.2) is 5.13 Å². The summed E-state index contributed by atoms with van der Waals surface area (Å²) in [6, 6.07) is 12.0. The second-order valence-corrected chi connectivity index (χ2v) is 12.7. The predicted molar refractivity (Wildman–Crippen MR) is 148 cm³/mol. The maximum atomic E-state index is 13.6. The minimum Gasteiger partial charge on any atom is -0.309 e. The third-order valence-corrected chi connectivity index (χ3v) is 9.89. The molecule has 1 aliphatic heterocycles. The quantitative estimate of drug-likeness (QED) is 0.353. The average Bonchev–Trinajstić information content (AvgIpc) is 3.31. The fraction of sp³-hybridized carbons (Fsp3) is 0.462. The SMILES string of the molecule is CCC1CCCCN1S(=O)(=O)c1ccc(C(=O)N(CCCN(C)C)c2nc3c(Cl)cccc3s2)cc1. The number of aromatic nitrogens is 1. The van der Waals surface area contributed by atoms with Crippen molar-refractivity contribution in [3.05, 3.63) is 53.1 Å². The summed E-state index contributed by atoms with van der Waals surface area (Å²) in [7, 11) is 0.383. The van der Waals surface area contributed by atoms with Crippen molar-refractivity contribution in [1.82, 2.24) is 14.2 Å². The molecule has 0 bridgehead atoms. The van der Waals surface area contributed by atoms with Crippen LogP contribution >= 0.6 is 22.9 Å². The maximum absolute atomic E-state index is 13.6. The van der Waals surface area contributed by atoms with Crippen molar-refractivity contribution in [2.75, 3.05) is 38.6 Å². The van der Waals surface area contributed by atoms with E-state index in [0.717, 1.165) is 43.3 Å². The van der Waals surface area contributed by atoms with Crippen LogP contribution < -0.4 is 4.90 Å². The number of fused-ring (bicyclic) bond motifs is 1. The molecule has 0 radical (unpaired) electrons. The van der Waals surface area contributed by atoms with Gasteiger partial charge in [0.1, 0.15) is 5.52 Å². The van der Waals surface area contributed by atoms with Gasteiger partial charge in [-0.15, -0.1) is 0 Å². The lowest BCUT2D eigenvalue weighted by molar-refractivity contribution is 0.0986. The summed E-state index contributed by atoms with van der Waals surface area (Å²) < 4.78 is 29.2. The largest absolute Gasteiger partial charge is 0.309 e. The van der Waals surface area contributed by atoms with Gasteiger partial charge in [-0.25, -0.2) is 13.4 Å². The topological polar surface area (TPSA) is 73.8 Å². The van der Waals surface area contributed by atoms with E-state index in [-0.39, 0.29) is 16.8 Å². The number of rotatable bonds is 9. The summed E-state index contributed by atoms with van der Waals surface area (Å²) >= 11 is 7.76. The molecule has 0 saturated carbocycles. The molecule has 194 valence electrons. The first-order valence-corrected chi connectivity index (χ1v) is 15.0. The summed E-state index contributed by atoms with van der Waals surface area (Å²) in [6.45, 7) is 3.88. The molecule has 0 N–H and O–H groups in total. The summed E-state index contributed by atoms with van der Waals surface area (Å²) in [5.74, 6) is -0.211. The molecule has 3 aromatic rings. The third kappa shape index (κ3) is 5.75. The second kappa shape index (κ2) is 11.6. The number of halogens is 1. The molecule has 4 rings (SSSR count). The van der Waals surface area contributed by atoms with Crippen LogP contribution in [0.2, 0.25) is 5.02 Å². The van der Waals surface area contributed by atoms with Gasteiger partial charge < -0.3 is 4.90 Å². The van der Waals surface area contributed by atoms with Crippen LogP contribution in [0.5, 0.6) is 0 Å². The number of benzene rings is 2. The van der Waals surface area contributed by atoms with Gasteiger partial charge in [-0.1, -0.05) is 42.3 Å². The fourth-order valence-corrected chi connectivity index (χ4v) is 7.66. The van der Waals surface area contributed by atoms with E-state index in [1.165, 1.54) is 11.3 Å². The molecule has 1 amide bonds. The molecular weight excluding hydrogens is 516 g/mol. The molecule has 1 saturated heterocycles. The van der Waals surface area contributed by atoms with Gasteiger partial charge in [0, 0.05) is 24.7 Å². The van der Waals surface area contributed by atoms with Crippen LogP contribution in [-0.4, -0.2) is 68.3 Å². The van der Waals surface area contributed by atoms with Crippen LogP contribution in [0.1, 0.15) is 49.4 Å². The highest BCUT2D eigenvalue weighted by molar-refractivity contribution is 7.89. The lowest BCUT2D eigenvalue weighted by Gasteiger charge is -2.34. The van der Waals surface area contributed by atoms with Crippen molar-refractivity contribution in [3.8, 4) is 0 Å². The van der Waals surface area contributed by atoms with Gasteiger partial charge in [0.2, 0.25) is 10.0 Å². The Balaban J connectivity index is 1.61. The number of sulfonamides is 1. The van der Waals surface area contributed by atoms with Gasteiger partial charge in [-0.2, -0.15) is 4.31 Å². The summed E-state index contributed by atoms with van der Waals surface area (Å²) in [5, 5.41) is 1.13. The number of carbonyl (C=O) groups is 1. The number of hydrogen-bond donors (Lipinski definition) is 0. The minimum atomic E-state index is -3.61. The van der Waals surface area contributed by atoms with Gasteiger partial charge >= 0.3 is 0 Å². The number of thiazole rings is 1. The Morgan fingerprint density at radius 3 is 2.56 bits per heavy atom. The number of amides is 1. The summed E-state index contributed by atoms with van der Waals surface area (Å²) in [4.78, 5) is 22.3. The molecule has 1 atom stereocenters. The first-order chi connectivity index (χ1) is 17.2. The Labute approximate surface area is 222 Å². The van der Waals surface area contributed by atoms with E-state index in [1.54, 1.807) is 39.5 Å². The highest BCUT2D eigenvalue weighted by Gasteiger charge is 2.32. The van der Waals surface area contributed by atoms with E-state index in [0.29, 0.717) is 34.3 Å². The number of piperidine rings is 1. The molecular formula is C26H33ClN4O3S2. The van der Waals surface area contributed by atoms with E-state index in [9.17, 15) is 13.2 Å². The van der Waals surface area contributed by atoms with Crippen LogP contribution in [0.25, 0.3) is 10.2 Å². The summed E-state index contributed by atoms with van der Waals surface area (Å²) in [6.07, 6.45) is 4.38. The van der Waals surface area contributed by atoms with Crippen molar-refractivity contribution < 1.29 is 13.2 Å². The predicted octanol–water partition coefficient (Wildman–Crippen LogP) is 5.50. The van der Waals surface area contributed by atoms with Crippen molar-refractivity contribution in [2.45, 2.75) is 50.0 Å². The Morgan fingerprint density at radius 1 is 1.14 bits per heavy atom. The smallest absolute Gasteiger partial charge is 0.260 e. The first kappa shape index (κ1) is 27.0. The van der Waals surface area contributed by atoms with Gasteiger partial charge in [0.25, 0.3) is 5.91 Å². The zero-order chi connectivity index (χ0) is 25.9. The van der Waals surface area contributed by atoms with Crippen LogP contribution in [-0.2, 0) is 10.0 Å². The zero-order valence-corrected chi connectivity index (χ0v) is 23.4. The lowest BCUT2D eigenvalue weighted by atomic mass is 10.0. The lowest BCUT2D eigenvalue weighted by Crippen LogP contribution is -2.43. The molecule has 2 heterocycles. The number of para-hydroxylation sites is 1. The van der Waals surface area contributed by atoms with Crippen molar-refractivity contribution >= 4 is 54.2 Å². The molecule has 0 spiro atoms. The Bertz CT molecular complexity index is 1310. The number of anilines is 1. The van der Waals surface area contributed by atoms with E-state index in [1.807, 2.05) is 33.2 Å². The van der Waals surface area contributed by atoms with Crippen molar-refractivity contribution in [2.24, 2.45) is 0 Å². The van der Waals surface area contributed by atoms with E-state index in [4.69, 9.17) is 11.6 Å². The van der Waals surface area contributed by atoms with E-state index < -0.39 is 10.0 Å².